The fourth-order valence-electron chi connectivity index (χ4n) is 5.39. The van der Waals surface area contributed by atoms with Gasteiger partial charge in [-0.2, -0.15) is 0 Å². The van der Waals surface area contributed by atoms with Crippen LogP contribution in [0.15, 0.2) is 104 Å². The van der Waals surface area contributed by atoms with Crippen LogP contribution in [-0.4, -0.2) is 42.4 Å². The second-order valence-corrected chi connectivity index (χ2v) is 11.1. The molecule has 0 bridgehead atoms. The number of benzene rings is 4. The molecular weight excluding hydrogens is 540 g/mol. The highest BCUT2D eigenvalue weighted by Gasteiger charge is 2.33. The van der Waals surface area contributed by atoms with Crippen LogP contribution in [0.25, 0.3) is 10.8 Å². The number of fused-ring (bicyclic) bond motifs is 1. The summed E-state index contributed by atoms with van der Waals surface area (Å²) in [4.78, 5) is 14.1. The van der Waals surface area contributed by atoms with Crippen molar-refractivity contribution in [1.82, 2.24) is 10.2 Å². The summed E-state index contributed by atoms with van der Waals surface area (Å²) in [5, 5.41) is 14.7. The molecule has 2 N–H and O–H groups in total. The van der Waals surface area contributed by atoms with E-state index in [2.05, 4.69) is 73.2 Å². The summed E-state index contributed by atoms with van der Waals surface area (Å²) in [6, 6.07) is 31.1. The highest BCUT2D eigenvalue weighted by molar-refractivity contribution is 5.83. The van der Waals surface area contributed by atoms with Gasteiger partial charge in [-0.15, -0.1) is 0 Å². The van der Waals surface area contributed by atoms with Gasteiger partial charge in [0.2, 0.25) is 0 Å². The summed E-state index contributed by atoms with van der Waals surface area (Å²) >= 11 is 0. The second kappa shape index (κ2) is 14.4. The van der Waals surface area contributed by atoms with E-state index in [1.165, 1.54) is 22.4 Å². The van der Waals surface area contributed by atoms with Gasteiger partial charge in [0.1, 0.15) is 6.61 Å². The van der Waals surface area contributed by atoms with E-state index >= 15 is 0 Å². The third kappa shape index (κ3) is 7.89. The molecule has 4 unspecified atom stereocenters. The number of amides is 1. The molecule has 1 saturated heterocycles. The molecule has 0 saturated carbocycles. The molecule has 224 valence electrons. The number of nitrogens with zero attached hydrogens (tertiary/aromatic N) is 1. The van der Waals surface area contributed by atoms with Crippen LogP contribution in [0, 0.1) is 0 Å². The van der Waals surface area contributed by atoms with Crippen molar-refractivity contribution in [3.63, 3.8) is 0 Å². The maximum Gasteiger partial charge on any atom is 0.407 e. The van der Waals surface area contributed by atoms with Gasteiger partial charge in [0, 0.05) is 31.1 Å². The lowest BCUT2D eigenvalue weighted by Gasteiger charge is -2.39. The zero-order chi connectivity index (χ0) is 30.2. The van der Waals surface area contributed by atoms with Crippen LogP contribution < -0.4 is 5.32 Å². The van der Waals surface area contributed by atoms with Gasteiger partial charge < -0.3 is 24.6 Å². The molecule has 0 aromatic heterocycles. The predicted octanol–water partition coefficient (Wildman–Crippen LogP) is 6.98. The van der Waals surface area contributed by atoms with Crippen LogP contribution in [0.2, 0.25) is 0 Å². The zero-order valence-corrected chi connectivity index (χ0v) is 24.8. The number of hydrogen-bond acceptors (Lipinski definition) is 6. The Morgan fingerprint density at radius 2 is 1.70 bits per heavy atom. The maximum atomic E-state index is 11.8. The molecule has 5 rings (SSSR count). The first-order valence-corrected chi connectivity index (χ1v) is 14.7. The number of carbonyl (C=O) groups excluding carboxylic acids is 1. The molecule has 43 heavy (non-hydrogen) atoms. The van der Waals surface area contributed by atoms with Gasteiger partial charge in [-0.3, -0.25) is 4.90 Å². The van der Waals surface area contributed by atoms with Crippen molar-refractivity contribution in [2.24, 2.45) is 0 Å². The van der Waals surface area contributed by atoms with E-state index in [0.717, 1.165) is 28.8 Å². The van der Waals surface area contributed by atoms with Gasteiger partial charge in [0.15, 0.2) is 6.29 Å². The number of rotatable bonds is 11. The van der Waals surface area contributed by atoms with Gasteiger partial charge in [-0.1, -0.05) is 97.6 Å². The van der Waals surface area contributed by atoms with Crippen LogP contribution in [0.5, 0.6) is 0 Å². The Morgan fingerprint density at radius 1 is 1.00 bits per heavy atom. The fraction of sp³-hybridized carbons (Fsp3) is 0.306. The van der Waals surface area contributed by atoms with Crippen molar-refractivity contribution < 1.29 is 24.1 Å². The second-order valence-electron chi connectivity index (χ2n) is 11.1. The summed E-state index contributed by atoms with van der Waals surface area (Å²) in [5.74, 6) is 0. The topological polar surface area (TPSA) is 80.3 Å². The average molecular weight is 581 g/mol. The van der Waals surface area contributed by atoms with Gasteiger partial charge in [0.25, 0.3) is 0 Å². The van der Waals surface area contributed by atoms with Crippen molar-refractivity contribution >= 4 is 16.9 Å². The minimum Gasteiger partial charge on any atom is -0.445 e. The zero-order valence-electron chi connectivity index (χ0n) is 24.8. The van der Waals surface area contributed by atoms with Gasteiger partial charge >= 0.3 is 6.09 Å². The minimum absolute atomic E-state index is 0.00477. The Bertz CT molecular complexity index is 1500. The summed E-state index contributed by atoms with van der Waals surface area (Å²) in [5.41, 5.74) is 5.03. The van der Waals surface area contributed by atoms with E-state index in [4.69, 9.17) is 14.2 Å². The Hall–Kier alpha value is -4.01. The minimum atomic E-state index is -0.551. The normalized spacial score (nSPS) is 19.2. The van der Waals surface area contributed by atoms with E-state index in [0.29, 0.717) is 13.0 Å². The van der Waals surface area contributed by atoms with E-state index in [9.17, 15) is 9.90 Å². The SMILES string of the molecule is C=CCOC(=O)NCc1ccc(C2OC(CN(C)C(C)c3ccc4ccccc4c3)CC(c3ccc(CO)cc3)O2)cc1. The number of aliphatic hydroxyl groups is 1. The first-order chi connectivity index (χ1) is 20.9. The summed E-state index contributed by atoms with van der Waals surface area (Å²) < 4.78 is 18.1. The first-order valence-electron chi connectivity index (χ1n) is 14.7. The Morgan fingerprint density at radius 3 is 2.42 bits per heavy atom. The quantitative estimate of drug-likeness (QED) is 0.186. The lowest BCUT2D eigenvalue weighted by molar-refractivity contribution is -0.253. The average Bonchev–Trinajstić information content (AvgIpc) is 3.05. The van der Waals surface area contributed by atoms with Crippen LogP contribution >= 0.6 is 0 Å². The molecule has 1 aliphatic heterocycles. The Labute approximate surface area is 253 Å². The molecule has 4 aromatic carbocycles. The Balaban J connectivity index is 1.30. The molecule has 1 fully saturated rings. The van der Waals surface area contributed by atoms with Crippen molar-refractivity contribution in [2.45, 2.75) is 51.0 Å². The standard InChI is InChI=1S/C36H40N2O5/c1-4-19-41-36(40)37-22-26-9-15-30(16-10-26)35-42-33(21-34(43-35)29-13-11-27(24-39)12-14-29)23-38(3)25(2)31-18-17-28-7-5-6-8-32(28)20-31/h4-18,20,25,33-35,39H,1,19,21-24H2,2-3H3,(H,37,40). The highest BCUT2D eigenvalue weighted by atomic mass is 16.7. The van der Waals surface area contributed by atoms with Gasteiger partial charge in [0.05, 0.1) is 18.8 Å². The summed E-state index contributed by atoms with van der Waals surface area (Å²) in [6.45, 7) is 7.03. The van der Waals surface area contributed by atoms with E-state index in [-0.39, 0.29) is 31.5 Å². The third-order valence-electron chi connectivity index (χ3n) is 8.04. The number of alkyl carbamates (subject to hydrolysis) is 1. The first kappa shape index (κ1) is 30.4. The number of hydrogen-bond donors (Lipinski definition) is 2. The monoisotopic (exact) mass is 580 g/mol. The molecule has 1 heterocycles. The number of ether oxygens (including phenoxy) is 3. The molecule has 0 spiro atoms. The van der Waals surface area contributed by atoms with Gasteiger partial charge in [-0.05, 0) is 53.1 Å². The molecule has 7 nitrogen and oxygen atoms in total. The van der Waals surface area contributed by atoms with E-state index in [1.807, 2.05) is 48.5 Å². The molecule has 0 aliphatic carbocycles. The van der Waals surface area contributed by atoms with Crippen molar-refractivity contribution in [3.05, 3.63) is 131 Å². The third-order valence-corrected chi connectivity index (χ3v) is 8.04. The van der Waals surface area contributed by atoms with Crippen LogP contribution in [0.3, 0.4) is 0 Å². The van der Waals surface area contributed by atoms with E-state index < -0.39 is 12.4 Å². The van der Waals surface area contributed by atoms with Gasteiger partial charge in [-0.25, -0.2) is 4.79 Å². The summed E-state index contributed by atoms with van der Waals surface area (Å²) in [7, 11) is 2.14. The molecule has 7 heteroatoms. The van der Waals surface area contributed by atoms with Crippen LogP contribution in [0.1, 0.15) is 59.6 Å². The molecule has 0 radical (unpaired) electrons. The fourth-order valence-corrected chi connectivity index (χ4v) is 5.39. The van der Waals surface area contributed by atoms with Crippen molar-refractivity contribution in [3.8, 4) is 0 Å². The lowest BCUT2D eigenvalue weighted by Crippen LogP contribution is -2.38. The number of nitrogens with one attached hydrogen (secondary N) is 1. The molecule has 1 aliphatic rings. The number of aliphatic hydroxyl groups excluding tert-OH is 1. The molecule has 1 amide bonds. The number of carbonyl (C=O) groups is 1. The van der Waals surface area contributed by atoms with Crippen molar-refractivity contribution in [1.29, 1.82) is 0 Å². The molecule has 4 atom stereocenters. The smallest absolute Gasteiger partial charge is 0.407 e. The molecule has 4 aromatic rings. The summed E-state index contributed by atoms with van der Waals surface area (Å²) in [6.07, 6.45) is 0.964. The van der Waals surface area contributed by atoms with Crippen LogP contribution in [-0.2, 0) is 27.4 Å². The highest BCUT2D eigenvalue weighted by Crippen LogP contribution is 2.38. The largest absolute Gasteiger partial charge is 0.445 e. The van der Waals surface area contributed by atoms with Crippen LogP contribution in [0.4, 0.5) is 4.79 Å². The maximum absolute atomic E-state index is 11.8. The Kier molecular flexibility index (Phi) is 10.2. The van der Waals surface area contributed by atoms with Crippen molar-refractivity contribution in [2.75, 3.05) is 20.2 Å². The lowest BCUT2D eigenvalue weighted by atomic mass is 9.98. The van der Waals surface area contributed by atoms with E-state index in [1.54, 1.807) is 0 Å². The number of likely N-dealkylation sites (N-methyl/N-ethyl adjacent to an activating group) is 1. The predicted molar refractivity (Wildman–Crippen MR) is 168 cm³/mol. The molecular formula is C36H40N2O5.